The average molecular weight is 481 g/mol. The zero-order valence-corrected chi connectivity index (χ0v) is 20.8. The van der Waals surface area contributed by atoms with Gasteiger partial charge in [0.2, 0.25) is 5.91 Å². The van der Waals surface area contributed by atoms with Crippen molar-refractivity contribution in [1.29, 1.82) is 0 Å². The number of aromatic nitrogens is 2. The maximum Gasteiger partial charge on any atom is 0.270 e. The van der Waals surface area contributed by atoms with Crippen molar-refractivity contribution >= 4 is 17.6 Å². The summed E-state index contributed by atoms with van der Waals surface area (Å²) in [6, 6.07) is 10.3. The third kappa shape index (κ3) is 5.97. The van der Waals surface area contributed by atoms with Gasteiger partial charge in [0.1, 0.15) is 17.8 Å². The van der Waals surface area contributed by atoms with E-state index in [9.17, 15) is 14.7 Å². The Morgan fingerprint density at radius 2 is 1.91 bits per heavy atom. The lowest BCUT2D eigenvalue weighted by atomic mass is 9.83. The molecule has 35 heavy (non-hydrogen) atoms. The molecule has 0 saturated carbocycles. The number of carbonyl (C=O) groups excluding carboxylic acids is 2. The highest BCUT2D eigenvalue weighted by Crippen LogP contribution is 2.34. The van der Waals surface area contributed by atoms with Gasteiger partial charge in [-0.3, -0.25) is 14.5 Å². The van der Waals surface area contributed by atoms with Gasteiger partial charge in [0.25, 0.3) is 5.91 Å². The zero-order valence-electron chi connectivity index (χ0n) is 20.8. The molecule has 0 spiro atoms. The van der Waals surface area contributed by atoms with E-state index < -0.39 is 6.10 Å². The van der Waals surface area contributed by atoms with Crippen LogP contribution in [0.1, 0.15) is 55.2 Å². The molecule has 1 saturated heterocycles. The molecule has 2 aliphatic rings. The molecule has 3 heterocycles. The van der Waals surface area contributed by atoms with Gasteiger partial charge in [0, 0.05) is 57.3 Å². The average Bonchev–Trinajstić information content (AvgIpc) is 2.85. The van der Waals surface area contributed by atoms with Gasteiger partial charge in [-0.15, -0.1) is 0 Å². The topological polar surface area (TPSA) is 111 Å². The Balaban J connectivity index is 1.28. The van der Waals surface area contributed by atoms with Gasteiger partial charge in [-0.05, 0) is 44.2 Å². The highest BCUT2D eigenvalue weighted by atomic mass is 16.3. The minimum Gasteiger partial charge on any atom is -0.390 e. The molecule has 0 radical (unpaired) electrons. The lowest BCUT2D eigenvalue weighted by Crippen LogP contribution is -2.51. The van der Waals surface area contributed by atoms with Crippen molar-refractivity contribution in [2.24, 2.45) is 0 Å². The Morgan fingerprint density at radius 1 is 1.17 bits per heavy atom. The van der Waals surface area contributed by atoms with Crippen LogP contribution in [0.4, 0.5) is 5.82 Å². The van der Waals surface area contributed by atoms with E-state index in [0.29, 0.717) is 25.5 Å². The zero-order chi connectivity index (χ0) is 25.0. The highest BCUT2D eigenvalue weighted by molar-refractivity contribution is 5.92. The number of β-amino-alcohol motifs (C(OH)–C–C–N with tert-alkyl or cyclic N) is 1. The summed E-state index contributed by atoms with van der Waals surface area (Å²) >= 11 is 0. The van der Waals surface area contributed by atoms with Crippen LogP contribution in [-0.4, -0.2) is 81.6 Å². The van der Waals surface area contributed by atoms with Crippen molar-refractivity contribution in [3.63, 3.8) is 0 Å². The van der Waals surface area contributed by atoms with Crippen LogP contribution in [0.15, 0.2) is 36.7 Å². The van der Waals surface area contributed by atoms with E-state index in [2.05, 4.69) is 63.6 Å². The number of amides is 2. The first kappa shape index (κ1) is 25.1. The van der Waals surface area contributed by atoms with E-state index in [-0.39, 0.29) is 35.6 Å². The van der Waals surface area contributed by atoms with Gasteiger partial charge < -0.3 is 20.6 Å². The number of carbonyl (C=O) groups is 2. The van der Waals surface area contributed by atoms with Crippen molar-refractivity contribution in [3.05, 3.63) is 53.5 Å². The number of hydrogen-bond acceptors (Lipinski definition) is 7. The van der Waals surface area contributed by atoms with Crippen LogP contribution in [0.25, 0.3) is 0 Å². The fourth-order valence-corrected chi connectivity index (χ4v) is 5.09. The molecule has 4 rings (SSSR count). The summed E-state index contributed by atoms with van der Waals surface area (Å²) in [5.74, 6) is 0.338. The molecular formula is C26H36N6O3. The second kappa shape index (κ2) is 10.7. The first-order valence-corrected chi connectivity index (χ1v) is 12.4. The minimum atomic E-state index is -0.700. The molecule has 1 unspecified atom stereocenters. The van der Waals surface area contributed by atoms with Crippen LogP contribution in [0.2, 0.25) is 0 Å². The third-order valence-corrected chi connectivity index (χ3v) is 7.24. The maximum absolute atomic E-state index is 12.7. The molecule has 3 N–H and O–H groups in total. The summed E-state index contributed by atoms with van der Waals surface area (Å²) in [4.78, 5) is 36.7. The van der Waals surface area contributed by atoms with Gasteiger partial charge in [-0.1, -0.05) is 24.3 Å². The van der Waals surface area contributed by atoms with Crippen LogP contribution >= 0.6 is 0 Å². The van der Waals surface area contributed by atoms with Crippen molar-refractivity contribution in [3.8, 4) is 0 Å². The van der Waals surface area contributed by atoms with Crippen molar-refractivity contribution < 1.29 is 14.7 Å². The second-order valence-electron chi connectivity index (χ2n) is 9.99. The number of benzene rings is 1. The van der Waals surface area contributed by atoms with Crippen molar-refractivity contribution in [2.75, 3.05) is 38.0 Å². The summed E-state index contributed by atoms with van der Waals surface area (Å²) < 4.78 is 0. The number of nitrogens with zero attached hydrogens (tertiary/aromatic N) is 4. The third-order valence-electron chi connectivity index (χ3n) is 7.24. The van der Waals surface area contributed by atoms with Gasteiger partial charge in [-0.2, -0.15) is 0 Å². The molecule has 0 bridgehead atoms. The molecule has 9 heteroatoms. The molecule has 1 aromatic heterocycles. The number of aliphatic hydroxyl groups excluding tert-OH is 1. The van der Waals surface area contributed by atoms with Gasteiger partial charge in [-0.25, -0.2) is 9.97 Å². The van der Waals surface area contributed by atoms with E-state index in [4.69, 9.17) is 0 Å². The van der Waals surface area contributed by atoms with Crippen molar-refractivity contribution in [1.82, 2.24) is 25.1 Å². The number of anilines is 1. The van der Waals surface area contributed by atoms with Crippen molar-refractivity contribution in [2.45, 2.75) is 57.7 Å². The smallest absolute Gasteiger partial charge is 0.270 e. The Labute approximate surface area is 206 Å². The van der Waals surface area contributed by atoms with E-state index in [0.717, 1.165) is 25.8 Å². The lowest BCUT2D eigenvalue weighted by Gasteiger charge is -2.44. The predicted octanol–water partition coefficient (Wildman–Crippen LogP) is 1.78. The molecule has 2 amide bonds. The number of nitrogens with one attached hydrogen (secondary N) is 2. The van der Waals surface area contributed by atoms with E-state index in [1.54, 1.807) is 13.0 Å². The Bertz CT molecular complexity index is 1050. The Kier molecular flexibility index (Phi) is 7.66. The monoisotopic (exact) mass is 480 g/mol. The molecule has 2 aromatic rings. The van der Waals surface area contributed by atoms with Crippen LogP contribution in [0.3, 0.4) is 0 Å². The number of aliphatic hydroxyl groups is 1. The Morgan fingerprint density at radius 3 is 2.66 bits per heavy atom. The number of likely N-dealkylation sites (tertiary alicyclic amines) is 1. The molecule has 188 valence electrons. The highest BCUT2D eigenvalue weighted by Gasteiger charge is 2.35. The second-order valence-corrected chi connectivity index (χ2v) is 9.99. The molecule has 1 aromatic carbocycles. The first-order chi connectivity index (χ1) is 16.7. The van der Waals surface area contributed by atoms with Gasteiger partial charge >= 0.3 is 0 Å². The lowest BCUT2D eigenvalue weighted by molar-refractivity contribution is -0.129. The number of fused-ring (bicyclic) bond motifs is 1. The fraction of sp³-hybridized carbons (Fsp3) is 0.538. The van der Waals surface area contributed by atoms with Crippen LogP contribution < -0.4 is 10.6 Å². The summed E-state index contributed by atoms with van der Waals surface area (Å²) in [5, 5.41) is 16.8. The molecular weight excluding hydrogens is 444 g/mol. The molecule has 9 nitrogen and oxygen atoms in total. The number of piperidine rings is 1. The van der Waals surface area contributed by atoms with E-state index >= 15 is 0 Å². The largest absolute Gasteiger partial charge is 0.390 e. The van der Waals surface area contributed by atoms with E-state index in [1.165, 1.54) is 17.5 Å². The summed E-state index contributed by atoms with van der Waals surface area (Å²) in [5.41, 5.74) is 2.71. The maximum atomic E-state index is 12.7. The van der Waals surface area contributed by atoms with Gasteiger partial charge in [0.05, 0.1) is 6.10 Å². The predicted molar refractivity (Wildman–Crippen MR) is 134 cm³/mol. The Hall–Kier alpha value is -3.04. The summed E-state index contributed by atoms with van der Waals surface area (Å²) in [6.07, 6.45) is 3.27. The molecule has 1 fully saturated rings. The normalized spacial score (nSPS) is 19.0. The van der Waals surface area contributed by atoms with E-state index in [1.807, 2.05) is 4.90 Å². The van der Waals surface area contributed by atoms with Crippen LogP contribution in [0, 0.1) is 0 Å². The summed E-state index contributed by atoms with van der Waals surface area (Å²) in [6.45, 7) is 8.84. The molecule has 1 atom stereocenters. The SMILES string of the molecule is CC(=O)N1CCC(Nc2cc(C(=O)NCC(O)CN3CCc4ccccc4C3(C)C)ncn2)CC1. The fourth-order valence-electron chi connectivity index (χ4n) is 5.09. The van der Waals surface area contributed by atoms with Gasteiger partial charge in [0.15, 0.2) is 0 Å². The molecule has 0 aliphatic carbocycles. The minimum absolute atomic E-state index is 0.0975. The standard InChI is InChI=1S/C26H36N6O3/c1-18(33)31-11-9-20(10-12-31)30-24-14-23(28-17-29-24)25(35)27-15-21(34)16-32-13-8-19-6-4-5-7-22(19)26(32,2)3/h4-7,14,17,20-21,34H,8-13,15-16H2,1-3H3,(H,27,35)(H,28,29,30). The van der Waals surface area contributed by atoms with Crippen LogP contribution in [0.5, 0.6) is 0 Å². The number of rotatable bonds is 7. The summed E-state index contributed by atoms with van der Waals surface area (Å²) in [7, 11) is 0. The first-order valence-electron chi connectivity index (χ1n) is 12.4. The van der Waals surface area contributed by atoms with Crippen LogP contribution in [-0.2, 0) is 16.8 Å². The molecule has 2 aliphatic heterocycles. The quantitative estimate of drug-likeness (QED) is 0.554. The number of hydrogen-bond donors (Lipinski definition) is 3.